The summed E-state index contributed by atoms with van der Waals surface area (Å²) in [6.45, 7) is 9.03. The van der Waals surface area contributed by atoms with Crippen molar-refractivity contribution in [1.82, 2.24) is 4.57 Å². The van der Waals surface area contributed by atoms with Gasteiger partial charge in [0, 0.05) is 17.0 Å². The minimum absolute atomic E-state index is 0.366. The van der Waals surface area contributed by atoms with E-state index in [0.29, 0.717) is 34.2 Å². The number of thiazole rings is 1. The van der Waals surface area contributed by atoms with Crippen LogP contribution in [-0.2, 0) is 6.54 Å². The van der Waals surface area contributed by atoms with Crippen LogP contribution in [0.25, 0.3) is 11.3 Å². The monoisotopic (exact) mass is 440 g/mol. The van der Waals surface area contributed by atoms with Crippen LogP contribution in [0.1, 0.15) is 33.3 Å². The van der Waals surface area contributed by atoms with Gasteiger partial charge in [0.1, 0.15) is 0 Å². The highest BCUT2D eigenvalue weighted by Gasteiger charge is 2.18. The molecule has 6 nitrogen and oxygen atoms in total. The minimum Gasteiger partial charge on any atom is -0.493 e. The first-order chi connectivity index (χ1) is 14.8. The SMILES string of the molecule is CCn1c(-c2ccc(C)c(C)c2)c(C)sc1=NC(=O)c1cc(OC)c(OC)c(OC)c1. The highest BCUT2D eigenvalue weighted by Crippen LogP contribution is 2.38. The van der Waals surface area contributed by atoms with Gasteiger partial charge in [-0.15, -0.1) is 11.3 Å². The summed E-state index contributed by atoms with van der Waals surface area (Å²) in [6, 6.07) is 9.66. The number of rotatable bonds is 6. The van der Waals surface area contributed by atoms with Crippen LogP contribution in [-0.4, -0.2) is 31.8 Å². The first-order valence-electron chi connectivity index (χ1n) is 10.0. The summed E-state index contributed by atoms with van der Waals surface area (Å²) in [5, 5.41) is 0. The van der Waals surface area contributed by atoms with Crippen molar-refractivity contribution in [2.45, 2.75) is 34.2 Å². The van der Waals surface area contributed by atoms with Crippen molar-refractivity contribution in [1.29, 1.82) is 0 Å². The molecule has 0 atom stereocenters. The Hall–Kier alpha value is -3.06. The first-order valence-corrected chi connectivity index (χ1v) is 10.8. The topological polar surface area (TPSA) is 62.1 Å². The molecule has 31 heavy (non-hydrogen) atoms. The largest absolute Gasteiger partial charge is 0.493 e. The number of benzene rings is 2. The average Bonchev–Trinajstić information content (AvgIpc) is 3.08. The molecule has 2 aromatic carbocycles. The standard InChI is InChI=1S/C24H28N2O4S/c1-8-26-21(17-10-9-14(2)15(3)11-17)16(4)31-24(26)25-23(27)18-12-19(28-5)22(30-7)20(13-18)29-6/h9-13H,8H2,1-7H3. The molecule has 1 aromatic heterocycles. The van der Waals surface area contributed by atoms with Crippen molar-refractivity contribution in [3.05, 3.63) is 56.7 Å². The predicted molar refractivity (Wildman–Crippen MR) is 124 cm³/mol. The van der Waals surface area contributed by atoms with Crippen molar-refractivity contribution in [2.24, 2.45) is 4.99 Å². The molecule has 0 radical (unpaired) electrons. The van der Waals surface area contributed by atoms with Gasteiger partial charge in [0.15, 0.2) is 16.3 Å². The fourth-order valence-electron chi connectivity index (χ4n) is 3.51. The molecule has 1 heterocycles. The lowest BCUT2D eigenvalue weighted by molar-refractivity contribution is 0.0997. The van der Waals surface area contributed by atoms with Gasteiger partial charge in [0.25, 0.3) is 5.91 Å². The zero-order valence-electron chi connectivity index (χ0n) is 19.0. The van der Waals surface area contributed by atoms with Crippen LogP contribution in [0.2, 0.25) is 0 Å². The van der Waals surface area contributed by atoms with E-state index in [1.54, 1.807) is 12.1 Å². The molecular weight excluding hydrogens is 412 g/mol. The predicted octanol–water partition coefficient (Wildman–Crippen LogP) is 4.93. The van der Waals surface area contributed by atoms with E-state index in [1.807, 2.05) is 0 Å². The van der Waals surface area contributed by atoms with Crippen molar-refractivity contribution < 1.29 is 19.0 Å². The van der Waals surface area contributed by atoms with E-state index in [2.05, 4.69) is 55.5 Å². The van der Waals surface area contributed by atoms with E-state index in [4.69, 9.17) is 14.2 Å². The molecule has 0 saturated heterocycles. The van der Waals surface area contributed by atoms with Crippen molar-refractivity contribution in [3.63, 3.8) is 0 Å². The Morgan fingerprint density at radius 2 is 1.61 bits per heavy atom. The molecule has 7 heteroatoms. The van der Waals surface area contributed by atoms with Crippen molar-refractivity contribution in [3.8, 4) is 28.5 Å². The number of aryl methyl sites for hydroxylation is 3. The Bertz CT molecular complexity index is 1170. The molecule has 0 N–H and O–H groups in total. The minimum atomic E-state index is -0.366. The second-order valence-corrected chi connectivity index (χ2v) is 8.35. The van der Waals surface area contributed by atoms with Gasteiger partial charge in [-0.2, -0.15) is 4.99 Å². The molecule has 0 saturated carbocycles. The van der Waals surface area contributed by atoms with Gasteiger partial charge in [-0.25, -0.2) is 0 Å². The molecule has 0 bridgehead atoms. The van der Waals surface area contributed by atoms with Gasteiger partial charge >= 0.3 is 0 Å². The zero-order valence-corrected chi connectivity index (χ0v) is 19.8. The van der Waals surface area contributed by atoms with Gasteiger partial charge in [-0.3, -0.25) is 4.79 Å². The van der Waals surface area contributed by atoms with Crippen LogP contribution in [0.15, 0.2) is 35.3 Å². The quantitative estimate of drug-likeness (QED) is 0.545. The highest BCUT2D eigenvalue weighted by molar-refractivity contribution is 7.09. The van der Waals surface area contributed by atoms with Crippen LogP contribution in [0.3, 0.4) is 0 Å². The Morgan fingerprint density at radius 3 is 2.13 bits per heavy atom. The molecule has 0 fully saturated rings. The van der Waals surface area contributed by atoms with Gasteiger partial charge in [0.2, 0.25) is 5.75 Å². The summed E-state index contributed by atoms with van der Waals surface area (Å²) < 4.78 is 18.2. The number of aromatic nitrogens is 1. The molecule has 3 aromatic rings. The number of hydrogen-bond acceptors (Lipinski definition) is 5. The Labute approximate surface area is 186 Å². The first kappa shape index (κ1) is 22.6. The van der Waals surface area contributed by atoms with Crippen LogP contribution < -0.4 is 19.0 Å². The number of nitrogens with zero attached hydrogens (tertiary/aromatic N) is 2. The zero-order chi connectivity index (χ0) is 22.7. The van der Waals surface area contributed by atoms with Gasteiger partial charge in [-0.1, -0.05) is 12.1 Å². The number of amides is 1. The Morgan fingerprint density at radius 1 is 0.968 bits per heavy atom. The molecule has 0 aliphatic rings. The lowest BCUT2D eigenvalue weighted by atomic mass is 10.0. The molecule has 0 spiro atoms. The normalized spacial score (nSPS) is 11.5. The maximum atomic E-state index is 13.0. The number of carbonyl (C=O) groups excluding carboxylic acids is 1. The van der Waals surface area contributed by atoms with Crippen molar-refractivity contribution >= 4 is 17.2 Å². The van der Waals surface area contributed by atoms with E-state index < -0.39 is 0 Å². The Kier molecular flexibility index (Phi) is 6.85. The molecule has 1 amide bonds. The third kappa shape index (κ3) is 4.37. The van der Waals surface area contributed by atoms with E-state index in [-0.39, 0.29) is 5.91 Å². The molecule has 0 aliphatic carbocycles. The highest BCUT2D eigenvalue weighted by atomic mass is 32.1. The summed E-state index contributed by atoms with van der Waals surface area (Å²) >= 11 is 1.51. The number of carbonyl (C=O) groups is 1. The lowest BCUT2D eigenvalue weighted by Gasteiger charge is -2.13. The maximum absolute atomic E-state index is 13.0. The van der Waals surface area contributed by atoms with E-state index >= 15 is 0 Å². The lowest BCUT2D eigenvalue weighted by Crippen LogP contribution is -2.17. The Balaban J connectivity index is 2.12. The fraction of sp³-hybridized carbons (Fsp3) is 0.333. The number of hydrogen-bond donors (Lipinski definition) is 0. The molecular formula is C24H28N2O4S. The number of ether oxygens (including phenoxy) is 3. The second kappa shape index (κ2) is 9.39. The smallest absolute Gasteiger partial charge is 0.279 e. The van der Waals surface area contributed by atoms with Gasteiger partial charge in [0.05, 0.1) is 27.0 Å². The van der Waals surface area contributed by atoms with Gasteiger partial charge < -0.3 is 18.8 Å². The van der Waals surface area contributed by atoms with Gasteiger partial charge in [-0.05, 0) is 62.6 Å². The third-order valence-electron chi connectivity index (χ3n) is 5.28. The van der Waals surface area contributed by atoms with Crippen LogP contribution in [0.4, 0.5) is 0 Å². The van der Waals surface area contributed by atoms with E-state index in [0.717, 1.165) is 16.1 Å². The van der Waals surface area contributed by atoms with Crippen LogP contribution >= 0.6 is 11.3 Å². The van der Waals surface area contributed by atoms with Crippen molar-refractivity contribution in [2.75, 3.05) is 21.3 Å². The summed E-state index contributed by atoms with van der Waals surface area (Å²) in [5.41, 5.74) is 5.07. The van der Waals surface area contributed by atoms with E-state index in [9.17, 15) is 4.79 Å². The van der Waals surface area contributed by atoms with Crippen LogP contribution in [0, 0.1) is 20.8 Å². The summed E-state index contributed by atoms with van der Waals surface area (Å²) in [7, 11) is 4.57. The number of methoxy groups -OCH3 is 3. The molecule has 0 unspecified atom stereocenters. The third-order valence-corrected chi connectivity index (χ3v) is 6.28. The maximum Gasteiger partial charge on any atom is 0.279 e. The van der Waals surface area contributed by atoms with E-state index in [1.165, 1.54) is 43.8 Å². The van der Waals surface area contributed by atoms with Crippen LogP contribution in [0.5, 0.6) is 17.2 Å². The average molecular weight is 441 g/mol. The fourth-order valence-corrected chi connectivity index (χ4v) is 4.56. The molecule has 0 aliphatic heterocycles. The molecule has 3 rings (SSSR count). The summed E-state index contributed by atoms with van der Waals surface area (Å²) in [5.74, 6) is 0.910. The second-order valence-electron chi connectivity index (χ2n) is 7.16. The molecule has 164 valence electrons. The summed E-state index contributed by atoms with van der Waals surface area (Å²) in [4.78, 5) is 19.3. The summed E-state index contributed by atoms with van der Waals surface area (Å²) in [6.07, 6.45) is 0.